The van der Waals surface area contributed by atoms with Crippen molar-refractivity contribution in [2.45, 2.75) is 20.3 Å². The second-order valence-electron chi connectivity index (χ2n) is 6.53. The lowest BCUT2D eigenvalue weighted by atomic mass is 9.90. The molecule has 0 aliphatic rings. The van der Waals surface area contributed by atoms with Gasteiger partial charge in [-0.3, -0.25) is 0 Å². The van der Waals surface area contributed by atoms with Gasteiger partial charge < -0.3 is 14.2 Å². The van der Waals surface area contributed by atoms with Crippen LogP contribution >= 0.6 is 0 Å². The number of fused-ring (bicyclic) bond motifs is 1. The van der Waals surface area contributed by atoms with Crippen LogP contribution in [-0.2, 0) is 14.3 Å². The molecule has 0 saturated heterocycles. The normalized spacial score (nSPS) is 11.8. The Balaban J connectivity index is 2.17. The van der Waals surface area contributed by atoms with E-state index in [9.17, 15) is 4.79 Å². The smallest absolute Gasteiger partial charge is 0.339 e. The Morgan fingerprint density at radius 1 is 0.897 bits per heavy atom. The molecule has 3 aromatic rings. The van der Waals surface area contributed by atoms with Crippen molar-refractivity contribution in [1.29, 1.82) is 0 Å². The van der Waals surface area contributed by atoms with Crippen LogP contribution in [0, 0.1) is 0 Å². The van der Waals surface area contributed by atoms with Gasteiger partial charge in [-0.05, 0) is 52.9 Å². The summed E-state index contributed by atoms with van der Waals surface area (Å²) in [5, 5.41) is 2.26. The third kappa shape index (κ3) is 4.66. The Morgan fingerprint density at radius 2 is 1.62 bits per heavy atom. The molecule has 0 saturated carbocycles. The van der Waals surface area contributed by atoms with E-state index < -0.39 is 0 Å². The number of hydrogen-bond acceptors (Lipinski definition) is 4. The van der Waals surface area contributed by atoms with Crippen LogP contribution in [-0.4, -0.2) is 26.5 Å². The molecule has 3 rings (SSSR count). The fraction of sp³-hybridized carbons (Fsp3) is 0.240. The highest BCUT2D eigenvalue weighted by atomic mass is 16.7. The molecule has 0 aromatic heterocycles. The van der Waals surface area contributed by atoms with E-state index in [1.807, 2.05) is 49.4 Å². The highest BCUT2D eigenvalue weighted by molar-refractivity contribution is 6.25. The topological polar surface area (TPSA) is 44.8 Å². The third-order valence-corrected chi connectivity index (χ3v) is 4.74. The van der Waals surface area contributed by atoms with E-state index >= 15 is 0 Å². The molecular weight excluding hydrogens is 364 g/mol. The maximum Gasteiger partial charge on any atom is 0.339 e. The molecule has 4 nitrogen and oxygen atoms in total. The summed E-state index contributed by atoms with van der Waals surface area (Å²) in [6.07, 6.45) is 0.698. The molecule has 29 heavy (non-hydrogen) atoms. The largest absolute Gasteiger partial charge is 0.468 e. The standard InChI is InChI=1S/C25H26O4/c1-4-21(23-12-8-10-18-9-6-7-11-22(18)23)24(25(26)28-5-2)19-13-15-20(16-14-19)29-17-27-3/h6-16H,4-5,17H2,1-3H3/b24-21+. The molecule has 0 radical (unpaired) electrons. The van der Waals surface area contributed by atoms with E-state index in [1.165, 1.54) is 0 Å². The van der Waals surface area contributed by atoms with Crippen LogP contribution in [0.1, 0.15) is 31.4 Å². The number of carbonyl (C=O) groups is 1. The minimum absolute atomic E-state index is 0.177. The number of rotatable bonds is 8. The lowest BCUT2D eigenvalue weighted by molar-refractivity contribution is -0.136. The summed E-state index contributed by atoms with van der Waals surface area (Å²) in [5.74, 6) is 0.366. The fourth-order valence-corrected chi connectivity index (χ4v) is 3.45. The first-order valence-corrected chi connectivity index (χ1v) is 9.80. The van der Waals surface area contributed by atoms with Gasteiger partial charge in [-0.1, -0.05) is 61.5 Å². The highest BCUT2D eigenvalue weighted by Crippen LogP contribution is 2.34. The molecule has 0 heterocycles. The van der Waals surface area contributed by atoms with Gasteiger partial charge in [-0.25, -0.2) is 4.79 Å². The zero-order valence-corrected chi connectivity index (χ0v) is 17.1. The van der Waals surface area contributed by atoms with Gasteiger partial charge in [0.25, 0.3) is 0 Å². The van der Waals surface area contributed by atoms with Crippen LogP contribution in [0.3, 0.4) is 0 Å². The first-order chi connectivity index (χ1) is 14.2. The number of methoxy groups -OCH3 is 1. The Kier molecular flexibility index (Phi) is 7.04. The van der Waals surface area contributed by atoms with Gasteiger partial charge in [0.05, 0.1) is 12.2 Å². The Bertz CT molecular complexity index is 998. The quantitative estimate of drug-likeness (QED) is 0.214. The van der Waals surface area contributed by atoms with Crippen LogP contribution in [0.4, 0.5) is 0 Å². The molecule has 0 unspecified atom stereocenters. The van der Waals surface area contributed by atoms with Gasteiger partial charge in [0.2, 0.25) is 0 Å². The van der Waals surface area contributed by atoms with Gasteiger partial charge in [-0.15, -0.1) is 0 Å². The van der Waals surface area contributed by atoms with Crippen molar-refractivity contribution < 1.29 is 19.0 Å². The Labute approximate surface area is 171 Å². The number of benzene rings is 3. The summed E-state index contributed by atoms with van der Waals surface area (Å²) in [6.45, 7) is 4.38. The molecule has 0 fully saturated rings. The number of esters is 1. The van der Waals surface area contributed by atoms with Crippen molar-refractivity contribution in [1.82, 2.24) is 0 Å². The molecule has 150 valence electrons. The Morgan fingerprint density at radius 3 is 2.31 bits per heavy atom. The predicted molar refractivity (Wildman–Crippen MR) is 117 cm³/mol. The van der Waals surface area contributed by atoms with Gasteiger partial charge in [-0.2, -0.15) is 0 Å². The lowest BCUT2D eigenvalue weighted by Gasteiger charge is -2.16. The molecule has 0 N–H and O–H groups in total. The minimum Gasteiger partial charge on any atom is -0.468 e. The average Bonchev–Trinajstić information content (AvgIpc) is 2.76. The van der Waals surface area contributed by atoms with Gasteiger partial charge in [0.1, 0.15) is 5.75 Å². The number of ether oxygens (including phenoxy) is 3. The molecule has 0 atom stereocenters. The summed E-state index contributed by atoms with van der Waals surface area (Å²) in [5.41, 5.74) is 3.40. The van der Waals surface area contributed by atoms with Crippen LogP contribution in [0.15, 0.2) is 66.7 Å². The monoisotopic (exact) mass is 390 g/mol. The van der Waals surface area contributed by atoms with Crippen molar-refractivity contribution in [3.05, 3.63) is 77.9 Å². The number of allylic oxidation sites excluding steroid dienone is 1. The first kappa shape index (κ1) is 20.6. The summed E-state index contributed by atoms with van der Waals surface area (Å²) in [4.78, 5) is 13.0. The molecular formula is C25H26O4. The second kappa shape index (κ2) is 9.89. The summed E-state index contributed by atoms with van der Waals surface area (Å²) in [7, 11) is 1.58. The second-order valence-corrected chi connectivity index (χ2v) is 6.53. The van der Waals surface area contributed by atoms with E-state index in [2.05, 4.69) is 31.2 Å². The molecule has 0 bridgehead atoms. The molecule has 0 aliphatic carbocycles. The Hall–Kier alpha value is -3.11. The average molecular weight is 390 g/mol. The van der Waals surface area contributed by atoms with Crippen LogP contribution in [0.25, 0.3) is 21.9 Å². The summed E-state index contributed by atoms with van der Waals surface area (Å²) in [6, 6.07) is 21.8. The summed E-state index contributed by atoms with van der Waals surface area (Å²) >= 11 is 0. The van der Waals surface area contributed by atoms with Crippen molar-refractivity contribution in [2.24, 2.45) is 0 Å². The number of hydrogen-bond donors (Lipinski definition) is 0. The molecule has 3 aromatic carbocycles. The van der Waals surface area contributed by atoms with E-state index in [-0.39, 0.29) is 12.8 Å². The summed E-state index contributed by atoms with van der Waals surface area (Å²) < 4.78 is 15.8. The first-order valence-electron chi connectivity index (χ1n) is 9.80. The highest BCUT2D eigenvalue weighted by Gasteiger charge is 2.20. The van der Waals surface area contributed by atoms with Crippen molar-refractivity contribution in [3.63, 3.8) is 0 Å². The third-order valence-electron chi connectivity index (χ3n) is 4.74. The van der Waals surface area contributed by atoms with Gasteiger partial charge >= 0.3 is 5.97 Å². The van der Waals surface area contributed by atoms with E-state index in [0.29, 0.717) is 24.4 Å². The van der Waals surface area contributed by atoms with E-state index in [4.69, 9.17) is 14.2 Å². The van der Waals surface area contributed by atoms with Gasteiger partial charge in [0.15, 0.2) is 6.79 Å². The van der Waals surface area contributed by atoms with Crippen molar-refractivity contribution in [3.8, 4) is 5.75 Å². The zero-order valence-electron chi connectivity index (χ0n) is 17.1. The van der Waals surface area contributed by atoms with E-state index in [1.54, 1.807) is 7.11 Å². The SMILES string of the molecule is CCOC(=O)/C(=C(\CC)c1cccc2ccccc12)c1ccc(OCOC)cc1. The maximum atomic E-state index is 13.0. The molecule has 0 amide bonds. The minimum atomic E-state index is -0.317. The lowest BCUT2D eigenvalue weighted by Crippen LogP contribution is -2.09. The maximum absolute atomic E-state index is 13.0. The molecule has 4 heteroatoms. The van der Waals surface area contributed by atoms with Crippen molar-refractivity contribution >= 4 is 27.9 Å². The molecule has 0 aliphatic heterocycles. The van der Waals surface area contributed by atoms with E-state index in [0.717, 1.165) is 27.5 Å². The predicted octanol–water partition coefficient (Wildman–Crippen LogP) is 5.71. The van der Waals surface area contributed by atoms with Crippen LogP contribution in [0.2, 0.25) is 0 Å². The zero-order chi connectivity index (χ0) is 20.6. The molecule has 0 spiro atoms. The van der Waals surface area contributed by atoms with Gasteiger partial charge in [0, 0.05) is 7.11 Å². The fourth-order valence-electron chi connectivity index (χ4n) is 3.45. The van der Waals surface area contributed by atoms with Crippen LogP contribution in [0.5, 0.6) is 5.75 Å². The van der Waals surface area contributed by atoms with Crippen molar-refractivity contribution in [2.75, 3.05) is 20.5 Å². The number of carbonyl (C=O) groups excluding carboxylic acids is 1. The van der Waals surface area contributed by atoms with Crippen LogP contribution < -0.4 is 4.74 Å².